The summed E-state index contributed by atoms with van der Waals surface area (Å²) in [6.45, 7) is 13.9. The van der Waals surface area contributed by atoms with Gasteiger partial charge in [0.1, 0.15) is 0 Å². The van der Waals surface area contributed by atoms with E-state index in [4.69, 9.17) is 0 Å². The number of amides is 1. The van der Waals surface area contributed by atoms with Gasteiger partial charge in [0.15, 0.2) is 0 Å². The molecule has 0 radical (unpaired) electrons. The summed E-state index contributed by atoms with van der Waals surface area (Å²) in [5.41, 5.74) is 7.00. The first-order valence-corrected chi connectivity index (χ1v) is 10.0. The molecular weight excluding hydrogens is 346 g/mol. The first-order valence-electron chi connectivity index (χ1n) is 10.0. The zero-order valence-electron chi connectivity index (χ0n) is 17.8. The molecule has 1 aliphatic rings. The number of hydrogen-bond acceptors (Lipinski definition) is 3. The van der Waals surface area contributed by atoms with Crippen molar-refractivity contribution in [3.05, 3.63) is 53.1 Å². The molecule has 0 aliphatic carbocycles. The van der Waals surface area contributed by atoms with Gasteiger partial charge in [-0.3, -0.25) is 9.79 Å². The van der Waals surface area contributed by atoms with Gasteiger partial charge in [-0.1, -0.05) is 6.92 Å². The van der Waals surface area contributed by atoms with E-state index in [9.17, 15) is 4.79 Å². The van der Waals surface area contributed by atoms with E-state index in [0.29, 0.717) is 5.92 Å². The van der Waals surface area contributed by atoms with Crippen LogP contribution < -0.4 is 10.2 Å². The van der Waals surface area contributed by atoms with Crippen molar-refractivity contribution in [3.63, 3.8) is 0 Å². The number of carbonyl (C=O) groups is 1. The largest absolute Gasteiger partial charge is 0.366 e. The van der Waals surface area contributed by atoms with E-state index < -0.39 is 0 Å². The fourth-order valence-corrected chi connectivity index (χ4v) is 4.37. The van der Waals surface area contributed by atoms with Crippen molar-refractivity contribution < 1.29 is 4.79 Å². The van der Waals surface area contributed by atoms with Crippen LogP contribution in [0.15, 0.2) is 41.4 Å². The maximum atomic E-state index is 11.1. The minimum atomic E-state index is -0.0700. The normalized spacial score (nSPS) is 18.2. The van der Waals surface area contributed by atoms with E-state index in [1.807, 2.05) is 30.5 Å². The van der Waals surface area contributed by atoms with Crippen LogP contribution in [-0.4, -0.2) is 24.2 Å². The zero-order valence-corrected chi connectivity index (χ0v) is 17.8. The van der Waals surface area contributed by atoms with Crippen LogP contribution in [-0.2, 0) is 4.79 Å². The monoisotopic (exact) mass is 377 g/mol. The number of nitrogens with one attached hydrogen (secondary N) is 1. The molecule has 1 heterocycles. The van der Waals surface area contributed by atoms with Crippen molar-refractivity contribution in [1.82, 2.24) is 0 Å². The fraction of sp³-hybridized carbons (Fsp3) is 0.417. The number of rotatable bonds is 4. The van der Waals surface area contributed by atoms with Crippen LogP contribution in [0, 0.1) is 6.92 Å². The number of aryl methyl sites for hydroxylation is 1. The van der Waals surface area contributed by atoms with Gasteiger partial charge in [-0.25, -0.2) is 0 Å². The molecule has 2 aromatic carbocycles. The smallest absolute Gasteiger partial charge is 0.221 e. The molecule has 2 aromatic rings. The number of aliphatic imine (C=N–C) groups is 1. The van der Waals surface area contributed by atoms with Crippen molar-refractivity contribution >= 4 is 29.2 Å². The SMILES string of the molecule is CCN1c2cc(C)c(C=Nc3ccc(NC(C)=O)cc3)cc2[C@@H](C)CC1(C)C. The average molecular weight is 378 g/mol. The molecule has 1 atom stereocenters. The van der Waals surface area contributed by atoms with Crippen molar-refractivity contribution in [2.45, 2.75) is 59.4 Å². The molecule has 28 heavy (non-hydrogen) atoms. The van der Waals surface area contributed by atoms with Gasteiger partial charge in [-0.15, -0.1) is 0 Å². The molecule has 0 bridgehead atoms. The predicted molar refractivity (Wildman–Crippen MR) is 119 cm³/mol. The van der Waals surface area contributed by atoms with Crippen LogP contribution in [0.5, 0.6) is 0 Å². The summed E-state index contributed by atoms with van der Waals surface area (Å²) < 4.78 is 0. The maximum absolute atomic E-state index is 11.1. The molecule has 0 unspecified atom stereocenters. The number of benzene rings is 2. The van der Waals surface area contributed by atoms with Gasteiger partial charge in [0.05, 0.1) is 5.69 Å². The van der Waals surface area contributed by atoms with Crippen molar-refractivity contribution in [1.29, 1.82) is 0 Å². The highest BCUT2D eigenvalue weighted by molar-refractivity contribution is 5.89. The van der Waals surface area contributed by atoms with Gasteiger partial charge >= 0.3 is 0 Å². The summed E-state index contributed by atoms with van der Waals surface area (Å²) >= 11 is 0. The molecule has 1 aliphatic heterocycles. The van der Waals surface area contributed by atoms with Crippen LogP contribution in [0.1, 0.15) is 63.6 Å². The molecule has 0 saturated heterocycles. The second-order valence-corrected chi connectivity index (χ2v) is 8.42. The molecule has 3 rings (SSSR count). The summed E-state index contributed by atoms with van der Waals surface area (Å²) in [6, 6.07) is 12.2. The van der Waals surface area contributed by atoms with Crippen molar-refractivity contribution in [3.8, 4) is 0 Å². The van der Waals surface area contributed by atoms with E-state index in [1.54, 1.807) is 0 Å². The van der Waals surface area contributed by atoms with Crippen LogP contribution in [0.3, 0.4) is 0 Å². The molecule has 4 nitrogen and oxygen atoms in total. The maximum Gasteiger partial charge on any atom is 0.221 e. The number of anilines is 2. The highest BCUT2D eigenvalue weighted by Gasteiger charge is 2.35. The minimum Gasteiger partial charge on any atom is -0.366 e. The molecular formula is C24H31N3O. The molecule has 0 spiro atoms. The predicted octanol–water partition coefficient (Wildman–Crippen LogP) is 5.82. The van der Waals surface area contributed by atoms with Gasteiger partial charge in [0, 0.05) is 36.6 Å². The van der Waals surface area contributed by atoms with E-state index in [-0.39, 0.29) is 11.4 Å². The molecule has 148 valence electrons. The van der Waals surface area contributed by atoms with Crippen molar-refractivity contribution in [2.24, 2.45) is 4.99 Å². The Hall–Kier alpha value is -2.62. The van der Waals surface area contributed by atoms with Crippen LogP contribution >= 0.6 is 0 Å². The fourth-order valence-electron chi connectivity index (χ4n) is 4.37. The highest BCUT2D eigenvalue weighted by atomic mass is 16.1. The second-order valence-electron chi connectivity index (χ2n) is 8.42. The molecule has 4 heteroatoms. The molecule has 0 aromatic heterocycles. The Morgan fingerprint density at radius 1 is 1.29 bits per heavy atom. The summed E-state index contributed by atoms with van der Waals surface area (Å²) in [7, 11) is 0. The van der Waals surface area contributed by atoms with Gasteiger partial charge in [0.25, 0.3) is 0 Å². The summed E-state index contributed by atoms with van der Waals surface area (Å²) in [6.07, 6.45) is 3.10. The second kappa shape index (κ2) is 7.78. The lowest BCUT2D eigenvalue weighted by Gasteiger charge is -2.47. The topological polar surface area (TPSA) is 44.7 Å². The Labute approximate surface area is 168 Å². The number of hydrogen-bond donors (Lipinski definition) is 1. The summed E-state index contributed by atoms with van der Waals surface area (Å²) in [5.74, 6) is 0.455. The van der Waals surface area contributed by atoms with E-state index in [0.717, 1.165) is 29.9 Å². The Balaban J connectivity index is 1.89. The van der Waals surface area contributed by atoms with Gasteiger partial charge in [-0.05, 0) is 93.1 Å². The lowest BCUT2D eigenvalue weighted by Crippen LogP contribution is -2.48. The Morgan fingerprint density at radius 3 is 2.57 bits per heavy atom. The van der Waals surface area contributed by atoms with Gasteiger partial charge in [0.2, 0.25) is 5.91 Å². The van der Waals surface area contributed by atoms with Crippen molar-refractivity contribution in [2.75, 3.05) is 16.8 Å². The molecule has 0 saturated carbocycles. The Bertz CT molecular complexity index is 897. The first kappa shape index (κ1) is 20.1. The van der Waals surface area contributed by atoms with Gasteiger partial charge < -0.3 is 10.2 Å². The summed E-state index contributed by atoms with van der Waals surface area (Å²) in [5, 5.41) is 2.77. The third-order valence-corrected chi connectivity index (χ3v) is 5.63. The zero-order chi connectivity index (χ0) is 20.5. The highest BCUT2D eigenvalue weighted by Crippen LogP contribution is 2.44. The number of carbonyl (C=O) groups excluding carboxylic acids is 1. The minimum absolute atomic E-state index is 0.0700. The lowest BCUT2D eigenvalue weighted by molar-refractivity contribution is -0.114. The Kier molecular flexibility index (Phi) is 5.59. The van der Waals surface area contributed by atoms with Gasteiger partial charge in [-0.2, -0.15) is 0 Å². The van der Waals surface area contributed by atoms with E-state index in [2.05, 4.69) is 62.0 Å². The number of nitrogens with zero attached hydrogens (tertiary/aromatic N) is 2. The summed E-state index contributed by atoms with van der Waals surface area (Å²) in [4.78, 5) is 18.3. The Morgan fingerprint density at radius 2 is 1.96 bits per heavy atom. The molecule has 0 fully saturated rings. The quantitative estimate of drug-likeness (QED) is 0.683. The first-order chi connectivity index (χ1) is 13.2. The number of fused-ring (bicyclic) bond motifs is 1. The molecule has 1 N–H and O–H groups in total. The standard InChI is InChI=1S/C24H31N3O/c1-7-27-23-12-16(2)19(13-22(23)17(3)14-24(27,5)6)15-25-20-8-10-21(11-9-20)26-18(4)28/h8-13,15,17H,7,14H2,1-6H3,(H,26,28)/t17-/m0/s1. The third-order valence-electron chi connectivity index (χ3n) is 5.63. The van der Waals surface area contributed by atoms with E-state index in [1.165, 1.54) is 23.7 Å². The van der Waals surface area contributed by atoms with Crippen LogP contribution in [0.4, 0.5) is 17.1 Å². The van der Waals surface area contributed by atoms with Crippen LogP contribution in [0.25, 0.3) is 0 Å². The van der Waals surface area contributed by atoms with Crippen LogP contribution in [0.2, 0.25) is 0 Å². The lowest BCUT2D eigenvalue weighted by atomic mass is 9.79. The third kappa shape index (κ3) is 4.11. The molecule has 1 amide bonds. The average Bonchev–Trinajstić information content (AvgIpc) is 2.60. The van der Waals surface area contributed by atoms with E-state index >= 15 is 0 Å².